The van der Waals surface area contributed by atoms with Crippen LogP contribution in [-0.4, -0.2) is 29.2 Å². The Balaban J connectivity index is -0.00000146. The van der Waals surface area contributed by atoms with Crippen LogP contribution in [0, 0.1) is 20.8 Å². The number of aldehydes is 2. The second-order valence-corrected chi connectivity index (χ2v) is 7.49. The van der Waals surface area contributed by atoms with Crippen molar-refractivity contribution in [3.8, 4) is 0 Å². The molecule has 1 aromatic rings. The second kappa shape index (κ2) is 14.7. The first kappa shape index (κ1) is 34.3. The van der Waals surface area contributed by atoms with E-state index in [4.69, 9.17) is 0 Å². The van der Waals surface area contributed by atoms with Crippen molar-refractivity contribution in [2.45, 2.75) is 71.0 Å². The van der Waals surface area contributed by atoms with Gasteiger partial charge in [-0.15, -0.1) is 0 Å². The number of hydrogen-bond acceptors (Lipinski definition) is 4. The molecule has 1 fully saturated rings. The third-order valence-corrected chi connectivity index (χ3v) is 5.62. The van der Waals surface area contributed by atoms with E-state index in [1.165, 1.54) is 18.4 Å². The average molecular weight is 674 g/mol. The van der Waals surface area contributed by atoms with Crippen molar-refractivity contribution in [2.24, 2.45) is 0 Å². The Morgan fingerprint density at radius 3 is 1.73 bits per heavy atom. The van der Waals surface area contributed by atoms with E-state index in [1.54, 1.807) is 0 Å². The smallest absolute Gasteiger partial charge is 1.00 e. The van der Waals surface area contributed by atoms with E-state index in [0.29, 0.717) is 0 Å². The summed E-state index contributed by atoms with van der Waals surface area (Å²) in [6.45, 7) is 6.14. The molecule has 2 aliphatic rings. The van der Waals surface area contributed by atoms with Gasteiger partial charge in [0.1, 0.15) is 0 Å². The van der Waals surface area contributed by atoms with Crippen molar-refractivity contribution in [3.05, 3.63) is 41.2 Å². The minimum atomic E-state index is -1.26. The van der Waals surface area contributed by atoms with Gasteiger partial charge in [-0.1, -0.05) is 43.4 Å². The average Bonchev–Trinajstić information content (AvgIpc) is 2.76. The van der Waals surface area contributed by atoms with Gasteiger partial charge in [0.15, 0.2) is 12.6 Å². The van der Waals surface area contributed by atoms with Crippen LogP contribution in [0.3, 0.4) is 0 Å². The number of carbonyl (C=O) groups is 2. The number of anilines is 1. The fourth-order valence-corrected chi connectivity index (χ4v) is 4.52. The number of hydrogen-bond donors (Lipinski definition) is 0. The molecule has 0 atom stereocenters. The van der Waals surface area contributed by atoms with E-state index < -0.39 is 5.66 Å². The largest absolute Gasteiger partial charge is 4.00 e. The summed E-state index contributed by atoms with van der Waals surface area (Å²) in [5.41, 5.74) is 3.04. The molecular formula is C21H28Cl4IrN2O2. The van der Waals surface area contributed by atoms with E-state index in [0.717, 1.165) is 55.1 Å². The first-order chi connectivity index (χ1) is 12.0. The molecule has 1 radical (unpaired) electrons. The number of benzene rings is 1. The Bertz CT molecular complexity index is 679. The zero-order chi connectivity index (χ0) is 18.0. The van der Waals surface area contributed by atoms with E-state index in [1.807, 2.05) is 36.0 Å². The minimum absolute atomic E-state index is 0. The van der Waals surface area contributed by atoms with E-state index in [-0.39, 0.29) is 75.8 Å². The van der Waals surface area contributed by atoms with Crippen LogP contribution in [0.15, 0.2) is 24.5 Å². The Kier molecular flexibility index (Phi) is 16.8. The molecule has 30 heavy (non-hydrogen) atoms. The van der Waals surface area contributed by atoms with Crippen LogP contribution in [-0.2, 0) is 29.7 Å². The fraction of sp³-hybridized carbons (Fsp3) is 0.524. The van der Waals surface area contributed by atoms with Crippen molar-refractivity contribution >= 4 is 18.3 Å². The minimum Gasteiger partial charge on any atom is -1.00 e. The molecule has 9 heteroatoms. The molecule has 0 N–H and O–H groups in total. The van der Waals surface area contributed by atoms with Gasteiger partial charge in [-0.25, -0.2) is 0 Å². The van der Waals surface area contributed by atoms with Gasteiger partial charge in [-0.2, -0.15) is 0 Å². The molecule has 0 bridgehead atoms. The Hall–Kier alpha value is -0.291. The standard InChI is InChI=1S/C21H28N2O2.4ClH.Ir/c1-16-12-17(2)20(18(3)13-16)23-11-10-22(21(23,14-24)15-25)19-8-6-4-5-7-9-19;;;;;/h10-15,19H,4-9H2,1-3H3;4*1H;/q;;;;;+4/p-4. The molecule has 3 rings (SSSR count). The summed E-state index contributed by atoms with van der Waals surface area (Å²) in [7, 11) is 0. The maximum atomic E-state index is 12.2. The van der Waals surface area contributed by atoms with Gasteiger partial charge in [-0.05, 0) is 44.7 Å². The molecule has 1 heterocycles. The predicted molar refractivity (Wildman–Crippen MR) is 100 cm³/mol. The van der Waals surface area contributed by atoms with Crippen LogP contribution in [0.2, 0.25) is 0 Å². The zero-order valence-corrected chi connectivity index (χ0v) is 22.8. The van der Waals surface area contributed by atoms with Crippen molar-refractivity contribution < 1.29 is 79.3 Å². The van der Waals surface area contributed by atoms with Crippen LogP contribution in [0.1, 0.15) is 55.2 Å². The van der Waals surface area contributed by atoms with E-state index in [9.17, 15) is 9.59 Å². The molecule has 0 aromatic heterocycles. The van der Waals surface area contributed by atoms with Gasteiger partial charge in [-0.3, -0.25) is 9.59 Å². The first-order valence-corrected chi connectivity index (χ1v) is 9.30. The SMILES string of the molecule is Cc1cc(C)c(N2C=CN(C3CCCCCC3)C2(C=O)C=O)c(C)c1.[Cl-].[Cl-].[Cl-].[Cl-].[Ir+4]. The molecular weight excluding hydrogens is 646 g/mol. The Labute approximate surface area is 218 Å². The summed E-state index contributed by atoms with van der Waals surface area (Å²) in [5.74, 6) is 0. The van der Waals surface area contributed by atoms with Crippen LogP contribution >= 0.6 is 0 Å². The molecule has 0 spiro atoms. The van der Waals surface area contributed by atoms with E-state index >= 15 is 0 Å². The van der Waals surface area contributed by atoms with Gasteiger partial charge in [0.05, 0.1) is 0 Å². The van der Waals surface area contributed by atoms with E-state index in [2.05, 4.69) is 19.1 Å². The molecule has 1 aromatic carbocycles. The maximum absolute atomic E-state index is 12.2. The normalized spacial score (nSPS) is 17.2. The van der Waals surface area contributed by atoms with Crippen LogP contribution in [0.5, 0.6) is 0 Å². The molecule has 0 saturated heterocycles. The zero-order valence-electron chi connectivity index (χ0n) is 17.3. The third-order valence-electron chi connectivity index (χ3n) is 5.62. The molecule has 1 aliphatic heterocycles. The molecule has 0 amide bonds. The quantitative estimate of drug-likeness (QED) is 0.181. The summed E-state index contributed by atoms with van der Waals surface area (Å²) in [5, 5.41) is 0. The number of rotatable bonds is 4. The monoisotopic (exact) mass is 673 g/mol. The summed E-state index contributed by atoms with van der Waals surface area (Å²) < 4.78 is 0. The number of nitrogens with zero attached hydrogens (tertiary/aromatic N) is 2. The molecule has 4 nitrogen and oxygen atoms in total. The Morgan fingerprint density at radius 1 is 0.833 bits per heavy atom. The van der Waals surface area contributed by atoms with Crippen molar-refractivity contribution in [3.63, 3.8) is 0 Å². The van der Waals surface area contributed by atoms with Gasteiger partial charge >= 0.3 is 20.1 Å². The number of halogens is 4. The van der Waals surface area contributed by atoms with Crippen LogP contribution in [0.4, 0.5) is 5.69 Å². The van der Waals surface area contributed by atoms with Gasteiger partial charge in [0, 0.05) is 24.1 Å². The third kappa shape index (κ3) is 6.37. The topological polar surface area (TPSA) is 40.6 Å². The van der Waals surface area contributed by atoms with Gasteiger partial charge < -0.3 is 59.4 Å². The molecule has 1 aliphatic carbocycles. The molecule has 0 unspecified atom stereocenters. The number of carbonyl (C=O) groups excluding carboxylic acids is 2. The predicted octanol–water partition coefficient (Wildman–Crippen LogP) is -7.96. The summed E-state index contributed by atoms with van der Waals surface area (Å²) in [6.07, 6.45) is 12.3. The van der Waals surface area contributed by atoms with Crippen molar-refractivity contribution in [2.75, 3.05) is 4.90 Å². The molecule has 171 valence electrons. The van der Waals surface area contributed by atoms with Crippen LogP contribution < -0.4 is 54.5 Å². The summed E-state index contributed by atoms with van der Waals surface area (Å²) in [6, 6.07) is 4.44. The Morgan fingerprint density at radius 2 is 1.30 bits per heavy atom. The van der Waals surface area contributed by atoms with Gasteiger partial charge in [0.25, 0.3) is 0 Å². The summed E-state index contributed by atoms with van der Waals surface area (Å²) >= 11 is 0. The van der Waals surface area contributed by atoms with Gasteiger partial charge in [0.2, 0.25) is 5.66 Å². The second-order valence-electron chi connectivity index (χ2n) is 7.49. The summed E-state index contributed by atoms with van der Waals surface area (Å²) in [4.78, 5) is 28.3. The first-order valence-electron chi connectivity index (χ1n) is 9.30. The maximum Gasteiger partial charge on any atom is 4.00 e. The fourth-order valence-electron chi connectivity index (χ4n) is 4.52. The molecule has 1 saturated carbocycles. The van der Waals surface area contributed by atoms with Crippen molar-refractivity contribution in [1.29, 1.82) is 0 Å². The van der Waals surface area contributed by atoms with Crippen molar-refractivity contribution in [1.82, 2.24) is 4.90 Å². The number of aryl methyl sites for hydroxylation is 3. The van der Waals surface area contributed by atoms with Crippen LogP contribution in [0.25, 0.3) is 0 Å².